The summed E-state index contributed by atoms with van der Waals surface area (Å²) in [7, 11) is 1.43. The number of carbonyl (C=O) groups is 2. The lowest BCUT2D eigenvalue weighted by Gasteiger charge is -2.38. The molecule has 200 valence electrons. The molecule has 0 spiro atoms. The third kappa shape index (κ3) is 6.14. The number of aromatic nitrogens is 2. The lowest BCUT2D eigenvalue weighted by molar-refractivity contribution is -0.139. The zero-order valence-corrected chi connectivity index (χ0v) is 21.0. The fraction of sp³-hybridized carbons (Fsp3) is 0.538. The fourth-order valence-electron chi connectivity index (χ4n) is 5.29. The van der Waals surface area contributed by atoms with Gasteiger partial charge in [-0.25, -0.2) is 9.97 Å². The first-order valence-electron chi connectivity index (χ1n) is 12.7. The Morgan fingerprint density at radius 3 is 2.68 bits per heavy atom. The summed E-state index contributed by atoms with van der Waals surface area (Å²) in [6, 6.07) is 4.65. The molecule has 1 saturated heterocycles. The van der Waals surface area contributed by atoms with Crippen molar-refractivity contribution in [3.05, 3.63) is 41.2 Å². The van der Waals surface area contributed by atoms with E-state index in [0.29, 0.717) is 36.5 Å². The maximum absolute atomic E-state index is 13.9. The average Bonchev–Trinajstić information content (AvgIpc) is 3.29. The number of alkyl halides is 3. The first-order chi connectivity index (χ1) is 17.7. The first-order valence-corrected chi connectivity index (χ1v) is 12.7. The Labute approximate surface area is 214 Å². The molecular weight excluding hydrogens is 487 g/mol. The van der Waals surface area contributed by atoms with E-state index in [4.69, 9.17) is 4.74 Å². The summed E-state index contributed by atoms with van der Waals surface area (Å²) in [5.74, 6) is 0.0380. The van der Waals surface area contributed by atoms with Gasteiger partial charge in [0.15, 0.2) is 0 Å². The van der Waals surface area contributed by atoms with Gasteiger partial charge in [0.1, 0.15) is 5.75 Å². The standard InChI is InChI=1S/C26H32F3N5O3/c1-3-30-24(36)17-10-11-19(22(14-17)37-2)32-25-31-15-18(26(27,28)29)20(33-25)13-16-7-4-5-8-21(16)34-12-6-9-23(34)35/h10-11,14-16,21H,3-9,12-13H2,1-2H3,(H,30,36)(H,31,32,33)/t16-,21+/m0/s1. The van der Waals surface area contributed by atoms with Crippen LogP contribution in [0.1, 0.15) is 67.1 Å². The molecule has 2 atom stereocenters. The van der Waals surface area contributed by atoms with Crippen LogP contribution in [0.15, 0.2) is 24.4 Å². The van der Waals surface area contributed by atoms with Crippen LogP contribution in [-0.2, 0) is 17.4 Å². The zero-order valence-electron chi connectivity index (χ0n) is 21.0. The fourth-order valence-corrected chi connectivity index (χ4v) is 5.29. The van der Waals surface area contributed by atoms with E-state index in [9.17, 15) is 22.8 Å². The largest absolute Gasteiger partial charge is 0.495 e. The van der Waals surface area contributed by atoms with E-state index in [-0.39, 0.29) is 41.8 Å². The van der Waals surface area contributed by atoms with Gasteiger partial charge in [-0.2, -0.15) is 13.2 Å². The average molecular weight is 520 g/mol. The summed E-state index contributed by atoms with van der Waals surface area (Å²) < 4.78 is 47.1. The molecular formula is C26H32F3N5O3. The van der Waals surface area contributed by atoms with Crippen LogP contribution in [0.4, 0.5) is 24.8 Å². The van der Waals surface area contributed by atoms with Gasteiger partial charge in [0.2, 0.25) is 11.9 Å². The molecule has 1 saturated carbocycles. The molecule has 2 aliphatic rings. The van der Waals surface area contributed by atoms with Crippen LogP contribution in [0.3, 0.4) is 0 Å². The Morgan fingerprint density at radius 2 is 2.00 bits per heavy atom. The van der Waals surface area contributed by atoms with Crippen LogP contribution in [0.5, 0.6) is 5.75 Å². The molecule has 11 heteroatoms. The number of halogens is 3. The van der Waals surface area contributed by atoms with E-state index in [1.165, 1.54) is 13.2 Å². The summed E-state index contributed by atoms with van der Waals surface area (Å²) in [6.45, 7) is 2.94. The highest BCUT2D eigenvalue weighted by Gasteiger charge is 2.39. The highest BCUT2D eigenvalue weighted by Crippen LogP contribution is 2.37. The second-order valence-corrected chi connectivity index (χ2v) is 9.46. The molecule has 0 radical (unpaired) electrons. The lowest BCUT2D eigenvalue weighted by Crippen LogP contribution is -2.44. The van der Waals surface area contributed by atoms with E-state index in [1.54, 1.807) is 12.1 Å². The number of benzene rings is 1. The number of anilines is 2. The molecule has 0 bridgehead atoms. The van der Waals surface area contributed by atoms with Crippen LogP contribution in [0.25, 0.3) is 0 Å². The van der Waals surface area contributed by atoms with Gasteiger partial charge in [-0.1, -0.05) is 12.8 Å². The van der Waals surface area contributed by atoms with Crippen LogP contribution < -0.4 is 15.4 Å². The maximum Gasteiger partial charge on any atom is 0.419 e. The SMILES string of the molecule is CCNC(=O)c1ccc(Nc2ncc(C(F)(F)F)c(C[C@@H]3CCCC[C@H]3N3CCCC3=O)n2)c(OC)c1. The van der Waals surface area contributed by atoms with Crippen molar-refractivity contribution < 1.29 is 27.5 Å². The van der Waals surface area contributed by atoms with Gasteiger partial charge in [0.25, 0.3) is 5.91 Å². The van der Waals surface area contributed by atoms with Crippen molar-refractivity contribution in [2.45, 2.75) is 64.1 Å². The number of likely N-dealkylation sites (tertiary alicyclic amines) is 1. The normalized spacial score (nSPS) is 20.1. The molecule has 2 N–H and O–H groups in total. The van der Waals surface area contributed by atoms with Crippen molar-refractivity contribution in [2.75, 3.05) is 25.5 Å². The summed E-state index contributed by atoms with van der Waals surface area (Å²) in [4.78, 5) is 34.6. The second kappa shape index (κ2) is 11.4. The van der Waals surface area contributed by atoms with Crippen LogP contribution in [-0.4, -0.2) is 52.9 Å². The van der Waals surface area contributed by atoms with Crippen molar-refractivity contribution in [3.8, 4) is 5.75 Å². The van der Waals surface area contributed by atoms with Gasteiger partial charge in [-0.05, 0) is 56.7 Å². The number of hydrogen-bond donors (Lipinski definition) is 2. The van der Waals surface area contributed by atoms with E-state index in [1.807, 2.05) is 11.8 Å². The van der Waals surface area contributed by atoms with Crippen LogP contribution in [0, 0.1) is 5.92 Å². The Bertz CT molecular complexity index is 1140. The van der Waals surface area contributed by atoms with E-state index in [0.717, 1.165) is 38.3 Å². The van der Waals surface area contributed by atoms with Gasteiger partial charge < -0.3 is 20.3 Å². The number of hydrogen-bond acceptors (Lipinski definition) is 6. The molecule has 2 heterocycles. The number of methoxy groups -OCH3 is 1. The molecule has 8 nitrogen and oxygen atoms in total. The number of nitrogens with zero attached hydrogens (tertiary/aromatic N) is 3. The Morgan fingerprint density at radius 1 is 1.22 bits per heavy atom. The Balaban J connectivity index is 1.61. The maximum atomic E-state index is 13.9. The molecule has 2 fully saturated rings. The molecule has 2 amide bonds. The highest BCUT2D eigenvalue weighted by atomic mass is 19.4. The van der Waals surface area contributed by atoms with Gasteiger partial charge >= 0.3 is 6.18 Å². The minimum Gasteiger partial charge on any atom is -0.495 e. The number of rotatable bonds is 8. The van der Waals surface area contributed by atoms with E-state index >= 15 is 0 Å². The predicted molar refractivity (Wildman–Crippen MR) is 132 cm³/mol. The number of nitrogens with one attached hydrogen (secondary N) is 2. The third-order valence-electron chi connectivity index (χ3n) is 7.06. The van der Waals surface area contributed by atoms with Crippen molar-refractivity contribution >= 4 is 23.5 Å². The monoisotopic (exact) mass is 519 g/mol. The molecule has 37 heavy (non-hydrogen) atoms. The first kappa shape index (κ1) is 26.7. The minimum absolute atomic E-state index is 0.00309. The van der Waals surface area contributed by atoms with Crippen molar-refractivity contribution in [1.82, 2.24) is 20.2 Å². The topological polar surface area (TPSA) is 96.5 Å². The predicted octanol–water partition coefficient (Wildman–Crippen LogP) is 4.72. The van der Waals surface area contributed by atoms with Crippen molar-refractivity contribution in [2.24, 2.45) is 5.92 Å². The smallest absolute Gasteiger partial charge is 0.419 e. The third-order valence-corrected chi connectivity index (χ3v) is 7.06. The van der Waals surface area contributed by atoms with Crippen molar-refractivity contribution in [1.29, 1.82) is 0 Å². The van der Waals surface area contributed by atoms with Gasteiger partial charge in [-0.15, -0.1) is 0 Å². The Hall–Kier alpha value is -3.37. The summed E-state index contributed by atoms with van der Waals surface area (Å²) in [5, 5.41) is 5.65. The van der Waals surface area contributed by atoms with Gasteiger partial charge in [0, 0.05) is 37.3 Å². The molecule has 1 aromatic carbocycles. The van der Waals surface area contributed by atoms with E-state index < -0.39 is 11.7 Å². The highest BCUT2D eigenvalue weighted by molar-refractivity contribution is 5.95. The number of carbonyl (C=O) groups excluding carboxylic acids is 2. The molecule has 0 unspecified atom stereocenters. The van der Waals surface area contributed by atoms with Crippen molar-refractivity contribution in [3.63, 3.8) is 0 Å². The number of ether oxygens (including phenoxy) is 1. The Kier molecular flexibility index (Phi) is 8.19. The second-order valence-electron chi connectivity index (χ2n) is 9.46. The molecule has 1 aromatic heterocycles. The molecule has 4 rings (SSSR count). The quantitative estimate of drug-likeness (QED) is 0.524. The van der Waals surface area contributed by atoms with Crippen LogP contribution >= 0.6 is 0 Å². The summed E-state index contributed by atoms with van der Waals surface area (Å²) in [5.41, 5.74) is -0.155. The van der Waals surface area contributed by atoms with Gasteiger partial charge in [-0.3, -0.25) is 9.59 Å². The molecule has 1 aliphatic carbocycles. The zero-order chi connectivity index (χ0) is 26.6. The molecule has 1 aliphatic heterocycles. The lowest BCUT2D eigenvalue weighted by atomic mass is 9.80. The van der Waals surface area contributed by atoms with Gasteiger partial charge in [0.05, 0.1) is 24.1 Å². The summed E-state index contributed by atoms with van der Waals surface area (Å²) >= 11 is 0. The number of amides is 2. The minimum atomic E-state index is -4.60. The summed E-state index contributed by atoms with van der Waals surface area (Å²) in [6.07, 6.45) is 1.00. The van der Waals surface area contributed by atoms with Crippen LogP contribution in [0.2, 0.25) is 0 Å². The molecule has 2 aromatic rings. The van der Waals surface area contributed by atoms with E-state index in [2.05, 4.69) is 20.6 Å².